The van der Waals surface area contributed by atoms with E-state index >= 15 is 0 Å². The number of rotatable bonds is 3. The van der Waals surface area contributed by atoms with E-state index in [0.29, 0.717) is 5.92 Å². The van der Waals surface area contributed by atoms with E-state index in [-0.39, 0.29) is 0 Å². The van der Waals surface area contributed by atoms with Crippen LogP contribution < -0.4 is 5.73 Å². The summed E-state index contributed by atoms with van der Waals surface area (Å²) in [5, 5.41) is 0. The van der Waals surface area contributed by atoms with Gasteiger partial charge in [0.25, 0.3) is 0 Å². The molecule has 0 amide bonds. The molecule has 0 spiro atoms. The molecule has 0 saturated heterocycles. The van der Waals surface area contributed by atoms with Gasteiger partial charge in [0, 0.05) is 0 Å². The minimum atomic E-state index is 0.590. The fraction of sp³-hybridized carbons (Fsp3) is 0.455. The molecule has 2 N–H and O–H groups in total. The smallest absolute Gasteiger partial charge is 0.00483 e. The first-order valence-electron chi connectivity index (χ1n) is 4.48. The van der Waals surface area contributed by atoms with E-state index < -0.39 is 0 Å². The third kappa shape index (κ3) is 2.67. The lowest BCUT2D eigenvalue weighted by Crippen LogP contribution is -2.12. The van der Waals surface area contributed by atoms with Gasteiger partial charge in [0.2, 0.25) is 0 Å². The van der Waals surface area contributed by atoms with Crippen LogP contribution in [0.4, 0.5) is 0 Å². The van der Waals surface area contributed by atoms with Crippen LogP contribution in [-0.2, 0) is 6.42 Å². The van der Waals surface area contributed by atoms with Crippen molar-refractivity contribution in [2.75, 3.05) is 6.54 Å². The summed E-state index contributed by atoms with van der Waals surface area (Å²) < 4.78 is 0. The van der Waals surface area contributed by atoms with Gasteiger partial charge >= 0.3 is 0 Å². The molecule has 1 nitrogen and oxygen atoms in total. The summed E-state index contributed by atoms with van der Waals surface area (Å²) in [5.74, 6) is 0.590. The van der Waals surface area contributed by atoms with Gasteiger partial charge in [0.05, 0.1) is 0 Å². The first kappa shape index (κ1) is 9.27. The Kier molecular flexibility index (Phi) is 3.30. The molecule has 1 heteroatoms. The zero-order valence-corrected chi connectivity index (χ0v) is 7.88. The van der Waals surface area contributed by atoms with Crippen LogP contribution in [0.5, 0.6) is 0 Å². The Hall–Kier alpha value is -0.820. The minimum Gasteiger partial charge on any atom is -0.330 e. The van der Waals surface area contributed by atoms with Gasteiger partial charge in [-0.2, -0.15) is 0 Å². The van der Waals surface area contributed by atoms with Crippen molar-refractivity contribution in [2.24, 2.45) is 11.7 Å². The maximum Gasteiger partial charge on any atom is -0.00483 e. The van der Waals surface area contributed by atoms with Gasteiger partial charge in [0.15, 0.2) is 0 Å². The van der Waals surface area contributed by atoms with Gasteiger partial charge in [0.1, 0.15) is 0 Å². The second-order valence-electron chi connectivity index (χ2n) is 3.53. The summed E-state index contributed by atoms with van der Waals surface area (Å²) in [4.78, 5) is 0. The highest BCUT2D eigenvalue weighted by Crippen LogP contribution is 2.08. The predicted octanol–water partition coefficient (Wildman–Crippen LogP) is 2.13. The average molecular weight is 163 g/mol. The molecule has 0 fully saturated rings. The molecule has 0 aliphatic rings. The fourth-order valence-electron chi connectivity index (χ4n) is 1.21. The van der Waals surface area contributed by atoms with Crippen LogP contribution in [0, 0.1) is 12.8 Å². The number of hydrogen-bond acceptors (Lipinski definition) is 1. The van der Waals surface area contributed by atoms with E-state index in [1.807, 2.05) is 0 Å². The monoisotopic (exact) mass is 163 g/mol. The lowest BCUT2D eigenvalue weighted by atomic mass is 10.0. The first-order chi connectivity index (χ1) is 5.72. The van der Waals surface area contributed by atoms with E-state index in [1.54, 1.807) is 0 Å². The topological polar surface area (TPSA) is 26.0 Å². The SMILES string of the molecule is Cc1ccc(C[C@@H](C)CN)cc1. The van der Waals surface area contributed by atoms with Crippen LogP contribution in [0.1, 0.15) is 18.1 Å². The zero-order chi connectivity index (χ0) is 8.97. The molecule has 0 unspecified atom stereocenters. The molecule has 12 heavy (non-hydrogen) atoms. The van der Waals surface area contributed by atoms with Crippen molar-refractivity contribution in [3.8, 4) is 0 Å². The molecular formula is C11H17N. The molecule has 1 atom stereocenters. The zero-order valence-electron chi connectivity index (χ0n) is 7.88. The van der Waals surface area contributed by atoms with Crippen LogP contribution in [0.25, 0.3) is 0 Å². The second kappa shape index (κ2) is 4.27. The molecule has 0 radical (unpaired) electrons. The molecule has 0 aliphatic carbocycles. The highest BCUT2D eigenvalue weighted by Gasteiger charge is 1.99. The number of hydrogen-bond donors (Lipinski definition) is 1. The third-order valence-electron chi connectivity index (χ3n) is 2.11. The Morgan fingerprint density at radius 2 is 1.83 bits per heavy atom. The van der Waals surface area contributed by atoms with Gasteiger partial charge in [-0.15, -0.1) is 0 Å². The van der Waals surface area contributed by atoms with Crippen molar-refractivity contribution in [3.63, 3.8) is 0 Å². The normalized spacial score (nSPS) is 12.9. The Labute approximate surface area is 74.6 Å². The Bertz CT molecular complexity index is 225. The van der Waals surface area contributed by atoms with Gasteiger partial charge in [-0.3, -0.25) is 0 Å². The summed E-state index contributed by atoms with van der Waals surface area (Å²) >= 11 is 0. The van der Waals surface area contributed by atoms with Gasteiger partial charge in [-0.05, 0) is 31.4 Å². The van der Waals surface area contributed by atoms with Crippen molar-refractivity contribution in [1.29, 1.82) is 0 Å². The third-order valence-corrected chi connectivity index (χ3v) is 2.11. The molecule has 1 aromatic carbocycles. The first-order valence-corrected chi connectivity index (χ1v) is 4.48. The van der Waals surface area contributed by atoms with Crippen molar-refractivity contribution >= 4 is 0 Å². The second-order valence-corrected chi connectivity index (χ2v) is 3.53. The molecule has 0 saturated carbocycles. The highest BCUT2D eigenvalue weighted by atomic mass is 14.5. The number of aryl methyl sites for hydroxylation is 1. The molecule has 0 aliphatic heterocycles. The van der Waals surface area contributed by atoms with Crippen LogP contribution in [0.2, 0.25) is 0 Å². The van der Waals surface area contributed by atoms with Gasteiger partial charge in [-0.1, -0.05) is 36.8 Å². The van der Waals surface area contributed by atoms with E-state index in [1.165, 1.54) is 11.1 Å². The molecule has 0 aromatic heterocycles. The van der Waals surface area contributed by atoms with E-state index in [9.17, 15) is 0 Å². The lowest BCUT2D eigenvalue weighted by Gasteiger charge is -2.07. The molecule has 0 bridgehead atoms. The van der Waals surface area contributed by atoms with E-state index in [0.717, 1.165) is 13.0 Å². The average Bonchev–Trinajstić information content (AvgIpc) is 2.09. The maximum atomic E-state index is 5.55. The summed E-state index contributed by atoms with van der Waals surface area (Å²) in [7, 11) is 0. The highest BCUT2D eigenvalue weighted by molar-refractivity contribution is 5.21. The van der Waals surface area contributed by atoms with Crippen molar-refractivity contribution in [3.05, 3.63) is 35.4 Å². The van der Waals surface area contributed by atoms with Crippen LogP contribution in [0.15, 0.2) is 24.3 Å². The summed E-state index contributed by atoms with van der Waals surface area (Å²) in [6.07, 6.45) is 1.09. The van der Waals surface area contributed by atoms with Crippen molar-refractivity contribution < 1.29 is 0 Å². The van der Waals surface area contributed by atoms with Crippen LogP contribution >= 0.6 is 0 Å². The molecule has 0 heterocycles. The van der Waals surface area contributed by atoms with Crippen LogP contribution in [0.3, 0.4) is 0 Å². The Morgan fingerprint density at radius 3 is 2.33 bits per heavy atom. The summed E-state index contributed by atoms with van der Waals surface area (Å²) in [5.41, 5.74) is 8.26. The Morgan fingerprint density at radius 1 is 1.25 bits per heavy atom. The largest absolute Gasteiger partial charge is 0.330 e. The number of benzene rings is 1. The summed E-state index contributed by atoms with van der Waals surface area (Å²) in [6.45, 7) is 5.06. The number of nitrogens with two attached hydrogens (primary N) is 1. The minimum absolute atomic E-state index is 0.590. The van der Waals surface area contributed by atoms with Crippen molar-refractivity contribution in [1.82, 2.24) is 0 Å². The summed E-state index contributed by atoms with van der Waals surface area (Å²) in [6, 6.07) is 8.67. The van der Waals surface area contributed by atoms with E-state index in [2.05, 4.69) is 38.1 Å². The fourth-order valence-corrected chi connectivity index (χ4v) is 1.21. The van der Waals surface area contributed by atoms with E-state index in [4.69, 9.17) is 5.73 Å². The molecular weight excluding hydrogens is 146 g/mol. The molecule has 1 aromatic rings. The molecule has 1 rings (SSSR count). The standard InChI is InChI=1S/C11H17N/c1-9-3-5-11(6-4-9)7-10(2)8-12/h3-6,10H,7-8,12H2,1-2H3/t10-/m1/s1. The quantitative estimate of drug-likeness (QED) is 0.725. The van der Waals surface area contributed by atoms with Gasteiger partial charge in [-0.25, -0.2) is 0 Å². The predicted molar refractivity (Wildman–Crippen MR) is 53.1 cm³/mol. The van der Waals surface area contributed by atoms with Crippen LogP contribution in [-0.4, -0.2) is 6.54 Å². The van der Waals surface area contributed by atoms with Gasteiger partial charge < -0.3 is 5.73 Å². The Balaban J connectivity index is 2.58. The lowest BCUT2D eigenvalue weighted by molar-refractivity contribution is 0.593. The maximum absolute atomic E-state index is 5.55. The van der Waals surface area contributed by atoms with Crippen molar-refractivity contribution in [2.45, 2.75) is 20.3 Å². The molecule has 66 valence electrons.